The van der Waals surface area contributed by atoms with Crippen LogP contribution in [0.4, 0.5) is 5.69 Å². The average Bonchev–Trinajstić information content (AvgIpc) is 3.49. The molecule has 9 heteroatoms. The zero-order valence-electron chi connectivity index (χ0n) is 21.1. The quantitative estimate of drug-likeness (QED) is 0.256. The molecule has 3 aromatic carbocycles. The molecule has 2 atom stereocenters. The van der Waals surface area contributed by atoms with E-state index in [0.717, 1.165) is 0 Å². The molecule has 2 heterocycles. The molecule has 0 saturated carbocycles. The van der Waals surface area contributed by atoms with Crippen molar-refractivity contribution in [2.75, 3.05) is 19.1 Å². The van der Waals surface area contributed by atoms with Gasteiger partial charge in [0.25, 0.3) is 5.91 Å². The number of methoxy groups -OCH3 is 2. The Balaban J connectivity index is 1.54. The van der Waals surface area contributed by atoms with Crippen molar-refractivity contribution < 1.29 is 28.4 Å². The largest absolute Gasteiger partial charge is 0.497 e. The van der Waals surface area contributed by atoms with E-state index < -0.39 is 23.7 Å². The Morgan fingerprint density at radius 3 is 2.29 bits per heavy atom. The number of para-hydroxylation sites is 1. The summed E-state index contributed by atoms with van der Waals surface area (Å²) in [5, 5.41) is 3.92. The minimum Gasteiger partial charge on any atom is -0.497 e. The van der Waals surface area contributed by atoms with Crippen LogP contribution in [0.1, 0.15) is 23.1 Å². The third kappa shape index (κ3) is 4.54. The summed E-state index contributed by atoms with van der Waals surface area (Å²) in [7, 11) is 3.07. The van der Waals surface area contributed by atoms with Crippen LogP contribution in [-0.4, -0.2) is 41.8 Å². The van der Waals surface area contributed by atoms with Crippen molar-refractivity contribution in [1.29, 1.82) is 0 Å². The molecule has 5 rings (SSSR count). The molecule has 0 spiro atoms. The van der Waals surface area contributed by atoms with Crippen LogP contribution in [0.15, 0.2) is 77.3 Å². The van der Waals surface area contributed by atoms with Gasteiger partial charge in [-0.1, -0.05) is 35.5 Å². The number of hydrogen-bond acceptors (Lipinski definition) is 8. The number of rotatable bonds is 8. The Kier molecular flexibility index (Phi) is 6.74. The fraction of sp³-hybridized carbons (Fsp3) is 0.207. The van der Waals surface area contributed by atoms with Crippen molar-refractivity contribution in [3.8, 4) is 22.9 Å². The third-order valence-corrected chi connectivity index (χ3v) is 6.58. The first kappa shape index (κ1) is 24.9. The van der Waals surface area contributed by atoms with Crippen molar-refractivity contribution in [3.63, 3.8) is 0 Å². The molecular weight excluding hydrogens is 486 g/mol. The van der Waals surface area contributed by atoms with Gasteiger partial charge in [-0.05, 0) is 48.0 Å². The maximum atomic E-state index is 13.6. The molecule has 9 nitrogen and oxygen atoms in total. The van der Waals surface area contributed by atoms with E-state index in [1.54, 1.807) is 86.8 Å². The summed E-state index contributed by atoms with van der Waals surface area (Å²) in [5.41, 5.74) is 2.43. The molecule has 0 aliphatic carbocycles. The predicted octanol–water partition coefficient (Wildman–Crippen LogP) is 4.15. The molecule has 1 amide bonds. The predicted molar refractivity (Wildman–Crippen MR) is 138 cm³/mol. The summed E-state index contributed by atoms with van der Waals surface area (Å²) in [5.74, 6) is -1.09. The van der Waals surface area contributed by atoms with Crippen LogP contribution < -0.4 is 14.4 Å². The molecule has 0 radical (unpaired) electrons. The second-order valence-corrected chi connectivity index (χ2v) is 8.88. The van der Waals surface area contributed by atoms with E-state index in [4.69, 9.17) is 14.0 Å². The topological polar surface area (TPSA) is 112 Å². The SMILES string of the molecule is COc1ccc(CC(=O)C2C(=O)C(=O)N(c3ccc(-c4noc(C)n4)cc3)C2c2ccccc2OC)cc1. The van der Waals surface area contributed by atoms with E-state index in [-0.39, 0.29) is 12.2 Å². The van der Waals surface area contributed by atoms with E-state index >= 15 is 0 Å². The molecule has 1 saturated heterocycles. The lowest BCUT2D eigenvalue weighted by molar-refractivity contribution is -0.138. The Labute approximate surface area is 219 Å². The van der Waals surface area contributed by atoms with Crippen LogP contribution in [0.3, 0.4) is 0 Å². The highest BCUT2D eigenvalue weighted by molar-refractivity contribution is 6.48. The normalized spacial score (nSPS) is 17.1. The Hall–Kier alpha value is -4.79. The summed E-state index contributed by atoms with van der Waals surface area (Å²) in [6.45, 7) is 1.69. The molecule has 0 bridgehead atoms. The number of aryl methyl sites for hydroxylation is 1. The molecule has 1 fully saturated rings. The van der Waals surface area contributed by atoms with Gasteiger partial charge in [-0.2, -0.15) is 4.98 Å². The third-order valence-electron chi connectivity index (χ3n) is 6.58. The maximum Gasteiger partial charge on any atom is 0.295 e. The van der Waals surface area contributed by atoms with Gasteiger partial charge in [-0.25, -0.2) is 0 Å². The minimum absolute atomic E-state index is 0.0106. The molecule has 38 heavy (non-hydrogen) atoms. The lowest BCUT2D eigenvalue weighted by atomic mass is 9.86. The summed E-state index contributed by atoms with van der Waals surface area (Å²) < 4.78 is 15.8. The van der Waals surface area contributed by atoms with Gasteiger partial charge in [0.15, 0.2) is 5.78 Å². The Morgan fingerprint density at radius 1 is 0.947 bits per heavy atom. The van der Waals surface area contributed by atoms with E-state index in [2.05, 4.69) is 10.1 Å². The first-order valence-corrected chi connectivity index (χ1v) is 12.0. The number of nitrogens with zero attached hydrogens (tertiary/aromatic N) is 3. The first-order valence-electron chi connectivity index (χ1n) is 12.0. The number of Topliss-reactive ketones (excluding diaryl/α,β-unsaturated/α-hetero) is 2. The molecule has 2 unspecified atom stereocenters. The second-order valence-electron chi connectivity index (χ2n) is 8.88. The lowest BCUT2D eigenvalue weighted by Gasteiger charge is -2.28. The monoisotopic (exact) mass is 511 g/mol. The van der Waals surface area contributed by atoms with E-state index in [1.807, 2.05) is 0 Å². The minimum atomic E-state index is -1.21. The standard InChI is InChI=1S/C29H25N3O6/c1-17-30-28(31-38-17)19-10-12-20(13-11-19)32-26(22-6-4-5-7-24(22)37-3)25(27(34)29(32)35)23(33)16-18-8-14-21(36-2)15-9-18/h4-15,25-26H,16H2,1-3H3. The molecule has 4 aromatic rings. The van der Waals surface area contributed by atoms with Crippen LogP contribution in [0.2, 0.25) is 0 Å². The van der Waals surface area contributed by atoms with Gasteiger partial charge in [-0.15, -0.1) is 0 Å². The summed E-state index contributed by atoms with van der Waals surface area (Å²) in [6, 6.07) is 20.1. The van der Waals surface area contributed by atoms with Gasteiger partial charge in [0.05, 0.1) is 20.3 Å². The number of benzene rings is 3. The van der Waals surface area contributed by atoms with Gasteiger partial charge in [0.1, 0.15) is 17.4 Å². The second kappa shape index (κ2) is 10.3. The van der Waals surface area contributed by atoms with Crippen molar-refractivity contribution in [2.45, 2.75) is 19.4 Å². The molecule has 192 valence electrons. The number of amides is 1. The van der Waals surface area contributed by atoms with Crippen LogP contribution in [0.25, 0.3) is 11.4 Å². The van der Waals surface area contributed by atoms with Crippen LogP contribution in [0, 0.1) is 12.8 Å². The van der Waals surface area contributed by atoms with Crippen molar-refractivity contribution >= 4 is 23.2 Å². The number of anilines is 1. The first-order chi connectivity index (χ1) is 18.4. The lowest BCUT2D eigenvalue weighted by Crippen LogP contribution is -2.31. The molecule has 1 aliphatic rings. The zero-order valence-corrected chi connectivity index (χ0v) is 21.1. The highest BCUT2D eigenvalue weighted by Crippen LogP contribution is 2.44. The summed E-state index contributed by atoms with van der Waals surface area (Å²) in [4.78, 5) is 46.0. The maximum absolute atomic E-state index is 13.6. The van der Waals surface area contributed by atoms with Gasteiger partial charge < -0.3 is 14.0 Å². The average molecular weight is 512 g/mol. The Bertz CT molecular complexity index is 1490. The van der Waals surface area contributed by atoms with Crippen molar-refractivity contribution in [3.05, 3.63) is 89.8 Å². The summed E-state index contributed by atoms with van der Waals surface area (Å²) >= 11 is 0. The van der Waals surface area contributed by atoms with Crippen molar-refractivity contribution in [1.82, 2.24) is 10.1 Å². The highest BCUT2D eigenvalue weighted by atomic mass is 16.5. The molecule has 1 aromatic heterocycles. The number of ether oxygens (including phenoxy) is 2. The van der Waals surface area contributed by atoms with Gasteiger partial charge >= 0.3 is 0 Å². The molecule has 0 N–H and O–H groups in total. The number of carbonyl (C=O) groups is 3. The smallest absolute Gasteiger partial charge is 0.295 e. The van der Waals surface area contributed by atoms with Crippen molar-refractivity contribution in [2.24, 2.45) is 5.92 Å². The number of aromatic nitrogens is 2. The van der Waals surface area contributed by atoms with Gasteiger partial charge in [-0.3, -0.25) is 19.3 Å². The fourth-order valence-electron chi connectivity index (χ4n) is 4.74. The molecule has 1 aliphatic heterocycles. The van der Waals surface area contributed by atoms with Crippen LogP contribution in [-0.2, 0) is 20.8 Å². The van der Waals surface area contributed by atoms with Gasteiger partial charge in [0.2, 0.25) is 17.5 Å². The number of carbonyl (C=O) groups excluding carboxylic acids is 3. The molecular formula is C29H25N3O6. The van der Waals surface area contributed by atoms with Crippen LogP contribution in [0.5, 0.6) is 11.5 Å². The number of ketones is 2. The van der Waals surface area contributed by atoms with E-state index in [0.29, 0.717) is 45.6 Å². The Morgan fingerprint density at radius 2 is 1.66 bits per heavy atom. The number of hydrogen-bond donors (Lipinski definition) is 0. The summed E-state index contributed by atoms with van der Waals surface area (Å²) in [6.07, 6.45) is -0.0106. The zero-order chi connectivity index (χ0) is 26.8. The van der Waals surface area contributed by atoms with E-state index in [1.165, 1.54) is 12.0 Å². The van der Waals surface area contributed by atoms with E-state index in [9.17, 15) is 14.4 Å². The van der Waals surface area contributed by atoms with Crippen LogP contribution >= 0.6 is 0 Å². The fourth-order valence-corrected chi connectivity index (χ4v) is 4.74. The highest BCUT2D eigenvalue weighted by Gasteiger charge is 2.52. The van der Waals surface area contributed by atoms with Gasteiger partial charge in [0, 0.05) is 30.2 Å².